The van der Waals surface area contributed by atoms with Gasteiger partial charge in [0.2, 0.25) is 11.6 Å². The van der Waals surface area contributed by atoms with Gasteiger partial charge in [-0.3, -0.25) is 24.3 Å². The molecule has 0 spiro atoms. The molecule has 13 heteroatoms. The number of benzene rings is 1. The maximum atomic E-state index is 13.0. The minimum Gasteiger partial charge on any atom is -0.308 e. The largest absolute Gasteiger partial charge is 0.319 e. The molecule has 0 aliphatic carbocycles. The fourth-order valence-corrected chi connectivity index (χ4v) is 3.27. The zero-order valence-corrected chi connectivity index (χ0v) is 17.8. The molecule has 1 aromatic carbocycles. The van der Waals surface area contributed by atoms with Crippen LogP contribution in [0, 0.1) is 24.0 Å². The molecule has 0 unspecified atom stereocenters. The summed E-state index contributed by atoms with van der Waals surface area (Å²) < 4.78 is 28.6. The average Bonchev–Trinajstić information content (AvgIpc) is 3.18. The van der Waals surface area contributed by atoms with Gasteiger partial charge >= 0.3 is 5.69 Å². The highest BCUT2D eigenvalue weighted by Crippen LogP contribution is 2.30. The van der Waals surface area contributed by atoms with E-state index in [1.54, 1.807) is 35.9 Å². The monoisotopic (exact) mass is 472 g/mol. The second-order valence-electron chi connectivity index (χ2n) is 6.66. The predicted octanol–water partition coefficient (Wildman–Crippen LogP) is 4.54. The molecule has 0 bridgehead atoms. The summed E-state index contributed by atoms with van der Waals surface area (Å²) in [5, 5.41) is 22.2. The van der Waals surface area contributed by atoms with Crippen LogP contribution in [0.1, 0.15) is 29.1 Å². The molecular formula is C18H16Cl2F2N6O3. The van der Waals surface area contributed by atoms with E-state index in [2.05, 4.69) is 15.5 Å². The van der Waals surface area contributed by atoms with Crippen LogP contribution in [0.15, 0.2) is 24.3 Å². The summed E-state index contributed by atoms with van der Waals surface area (Å²) in [6.45, 7) is 2.93. The lowest BCUT2D eigenvalue weighted by molar-refractivity contribution is -0.386. The quantitative estimate of drug-likeness (QED) is 0.401. The maximum Gasteiger partial charge on any atom is 0.319 e. The van der Waals surface area contributed by atoms with E-state index >= 15 is 0 Å². The Bertz CT molecular complexity index is 1160. The topological polar surface area (TPSA) is 108 Å². The first-order valence-electron chi connectivity index (χ1n) is 8.85. The zero-order valence-electron chi connectivity index (χ0n) is 16.3. The van der Waals surface area contributed by atoms with Gasteiger partial charge in [0, 0.05) is 11.8 Å². The Morgan fingerprint density at radius 1 is 1.19 bits per heavy atom. The van der Waals surface area contributed by atoms with Gasteiger partial charge in [-0.1, -0.05) is 29.3 Å². The van der Waals surface area contributed by atoms with E-state index in [0.29, 0.717) is 16.6 Å². The Kier molecular flexibility index (Phi) is 6.56. The first-order valence-corrected chi connectivity index (χ1v) is 9.60. The van der Waals surface area contributed by atoms with Gasteiger partial charge in [0.1, 0.15) is 12.2 Å². The number of carbonyl (C=O) groups excluding carboxylic acids is 1. The first-order chi connectivity index (χ1) is 14.6. The van der Waals surface area contributed by atoms with Gasteiger partial charge in [-0.25, -0.2) is 8.78 Å². The van der Waals surface area contributed by atoms with Crippen molar-refractivity contribution in [1.82, 2.24) is 19.6 Å². The molecule has 0 fully saturated rings. The summed E-state index contributed by atoms with van der Waals surface area (Å²) in [4.78, 5) is 22.5. The van der Waals surface area contributed by atoms with Crippen molar-refractivity contribution in [2.45, 2.75) is 33.4 Å². The summed E-state index contributed by atoms with van der Waals surface area (Å²) in [7, 11) is 0. The maximum absolute atomic E-state index is 13.0. The van der Waals surface area contributed by atoms with E-state index in [4.69, 9.17) is 23.2 Å². The fourth-order valence-electron chi connectivity index (χ4n) is 2.95. The number of aryl methyl sites for hydroxylation is 1. The smallest absolute Gasteiger partial charge is 0.308 e. The van der Waals surface area contributed by atoms with Crippen LogP contribution in [0.5, 0.6) is 0 Å². The minimum absolute atomic E-state index is 0.142. The molecule has 1 amide bonds. The van der Waals surface area contributed by atoms with Crippen LogP contribution in [0.4, 0.5) is 20.3 Å². The van der Waals surface area contributed by atoms with Crippen LogP contribution in [-0.2, 0) is 17.9 Å². The third-order valence-electron chi connectivity index (χ3n) is 4.45. The Morgan fingerprint density at radius 2 is 1.90 bits per heavy atom. The second kappa shape index (κ2) is 8.98. The number of nitrogens with zero attached hydrogens (tertiary/aromatic N) is 5. The van der Waals surface area contributed by atoms with E-state index in [1.807, 2.05) is 0 Å². The highest BCUT2D eigenvalue weighted by Gasteiger charge is 2.31. The van der Waals surface area contributed by atoms with Crippen molar-refractivity contribution >= 4 is 40.6 Å². The van der Waals surface area contributed by atoms with E-state index in [0.717, 1.165) is 15.9 Å². The van der Waals surface area contributed by atoms with Crippen LogP contribution in [0.2, 0.25) is 10.0 Å². The van der Waals surface area contributed by atoms with Crippen molar-refractivity contribution in [1.29, 1.82) is 0 Å². The lowest BCUT2D eigenvalue weighted by Crippen LogP contribution is -2.21. The summed E-state index contributed by atoms with van der Waals surface area (Å²) in [6.07, 6.45) is -3.14. The number of hydrogen-bond acceptors (Lipinski definition) is 5. The van der Waals surface area contributed by atoms with Crippen LogP contribution in [0.3, 0.4) is 0 Å². The van der Waals surface area contributed by atoms with Gasteiger partial charge < -0.3 is 5.32 Å². The lowest BCUT2D eigenvalue weighted by atomic mass is 10.2. The Labute approximate surface area is 184 Å². The van der Waals surface area contributed by atoms with Crippen molar-refractivity contribution in [3.8, 4) is 0 Å². The summed E-state index contributed by atoms with van der Waals surface area (Å²) in [6, 6.07) is 6.79. The number of carbonyl (C=O) groups is 1. The highest BCUT2D eigenvalue weighted by atomic mass is 35.5. The van der Waals surface area contributed by atoms with Gasteiger partial charge in [0.25, 0.3) is 6.43 Å². The van der Waals surface area contributed by atoms with Gasteiger partial charge in [-0.15, -0.1) is 0 Å². The van der Waals surface area contributed by atoms with Crippen LogP contribution < -0.4 is 5.32 Å². The molecule has 0 radical (unpaired) electrons. The Hall–Kier alpha value is -3.05. The minimum atomic E-state index is -3.14. The number of halogens is 4. The predicted molar refractivity (Wildman–Crippen MR) is 110 cm³/mol. The molecule has 3 rings (SSSR count). The van der Waals surface area contributed by atoms with Gasteiger partial charge in [0.05, 0.1) is 21.5 Å². The molecule has 0 saturated carbocycles. The molecule has 1 N–H and O–H groups in total. The molecule has 0 aliphatic heterocycles. The van der Waals surface area contributed by atoms with E-state index in [1.165, 1.54) is 6.92 Å². The Balaban J connectivity index is 1.73. The molecule has 2 heterocycles. The van der Waals surface area contributed by atoms with E-state index < -0.39 is 35.2 Å². The van der Waals surface area contributed by atoms with Gasteiger partial charge in [-0.05, 0) is 31.5 Å². The number of anilines is 1. The molecule has 164 valence electrons. The van der Waals surface area contributed by atoms with Crippen molar-refractivity contribution in [2.24, 2.45) is 0 Å². The molecule has 0 aliphatic rings. The average molecular weight is 473 g/mol. The standard InChI is InChI=1S/C18H16Cl2F2N6O3/c1-9-5-14(24-26(9)7-11-3-4-12(19)13(20)6-11)23-15(29)8-27-10(2)17(28(30)31)16(25-27)18(21)22/h3-6,18H,7-8H2,1-2H3,(H,23,24,29). The number of nitrogens with one attached hydrogen (secondary N) is 1. The second-order valence-corrected chi connectivity index (χ2v) is 7.47. The molecule has 0 saturated heterocycles. The van der Waals surface area contributed by atoms with Gasteiger partial charge in [0.15, 0.2) is 5.82 Å². The molecule has 0 atom stereocenters. The number of alkyl halides is 2. The summed E-state index contributed by atoms with van der Waals surface area (Å²) >= 11 is 11.9. The van der Waals surface area contributed by atoms with Crippen molar-refractivity contribution in [2.75, 3.05) is 5.32 Å². The summed E-state index contributed by atoms with van der Waals surface area (Å²) in [5.41, 5.74) is -0.330. The van der Waals surface area contributed by atoms with Crippen LogP contribution >= 0.6 is 23.2 Å². The van der Waals surface area contributed by atoms with E-state index in [9.17, 15) is 23.7 Å². The number of nitro groups is 1. The third kappa shape index (κ3) is 5.00. The van der Waals surface area contributed by atoms with Crippen molar-refractivity contribution < 1.29 is 18.5 Å². The number of rotatable bonds is 7. The molecule has 9 nitrogen and oxygen atoms in total. The number of amides is 1. The Morgan fingerprint density at radius 3 is 2.48 bits per heavy atom. The van der Waals surface area contributed by atoms with Gasteiger partial charge in [-0.2, -0.15) is 10.2 Å². The molecule has 31 heavy (non-hydrogen) atoms. The molecular weight excluding hydrogens is 457 g/mol. The van der Waals surface area contributed by atoms with Crippen LogP contribution in [0.25, 0.3) is 0 Å². The lowest BCUT2D eigenvalue weighted by Gasteiger charge is -2.06. The molecule has 3 aromatic rings. The SMILES string of the molecule is Cc1cc(NC(=O)Cn2nc(C(F)F)c([N+](=O)[O-])c2C)nn1Cc1ccc(Cl)c(Cl)c1. The third-order valence-corrected chi connectivity index (χ3v) is 5.19. The first kappa shape index (κ1) is 22.6. The van der Waals surface area contributed by atoms with Crippen molar-refractivity contribution in [3.05, 3.63) is 67.1 Å². The number of aromatic nitrogens is 4. The summed E-state index contributed by atoms with van der Waals surface area (Å²) in [5.74, 6) is -0.392. The normalized spacial score (nSPS) is 11.2. The van der Waals surface area contributed by atoms with E-state index in [-0.39, 0.29) is 11.5 Å². The van der Waals surface area contributed by atoms with Crippen LogP contribution in [-0.4, -0.2) is 30.4 Å². The fraction of sp³-hybridized carbons (Fsp3) is 0.278. The van der Waals surface area contributed by atoms with Crippen molar-refractivity contribution in [3.63, 3.8) is 0 Å². The number of hydrogen-bond donors (Lipinski definition) is 1. The molecule has 2 aromatic heterocycles. The highest BCUT2D eigenvalue weighted by molar-refractivity contribution is 6.42. The zero-order chi connectivity index (χ0) is 22.9.